The van der Waals surface area contributed by atoms with Gasteiger partial charge in [0.2, 0.25) is 5.88 Å². The van der Waals surface area contributed by atoms with Gasteiger partial charge in [-0.15, -0.1) is 0 Å². The molecule has 0 spiro atoms. The first kappa shape index (κ1) is 13.9. The number of rotatable bonds is 2. The third kappa shape index (κ3) is 3.27. The van der Waals surface area contributed by atoms with Gasteiger partial charge in [-0.2, -0.15) is 4.98 Å². The van der Waals surface area contributed by atoms with E-state index < -0.39 is 12.2 Å². The van der Waals surface area contributed by atoms with Crippen molar-refractivity contribution >= 4 is 11.5 Å². The van der Waals surface area contributed by atoms with Crippen LogP contribution in [-0.4, -0.2) is 46.1 Å². The van der Waals surface area contributed by atoms with Crippen LogP contribution in [0, 0.1) is 0 Å². The monoisotopic (exact) mass is 267 g/mol. The predicted octanol–water partition coefficient (Wildman–Crippen LogP) is 0.383. The molecule has 1 saturated heterocycles. The summed E-state index contributed by atoms with van der Waals surface area (Å²) in [5.74, 6) is 1.02. The van der Waals surface area contributed by atoms with Gasteiger partial charge in [0.1, 0.15) is 11.4 Å². The molecule has 0 bridgehead atoms. The Balaban J connectivity index is 2.22. The van der Waals surface area contributed by atoms with Gasteiger partial charge in [-0.25, -0.2) is 0 Å². The summed E-state index contributed by atoms with van der Waals surface area (Å²) in [7, 11) is 0. The molecule has 19 heavy (non-hydrogen) atoms. The summed E-state index contributed by atoms with van der Waals surface area (Å²) in [5.41, 5.74) is 5.93. The van der Waals surface area contributed by atoms with E-state index in [0.29, 0.717) is 30.5 Å². The highest BCUT2D eigenvalue weighted by atomic mass is 16.5. The molecule has 1 fully saturated rings. The number of nitrogen functional groups attached to an aromatic ring is 1. The highest BCUT2D eigenvalue weighted by Crippen LogP contribution is 2.28. The molecule has 0 radical (unpaired) electrons. The lowest BCUT2D eigenvalue weighted by Gasteiger charge is -2.23. The lowest BCUT2D eigenvalue weighted by Crippen LogP contribution is -2.26. The minimum atomic E-state index is -0.744. The zero-order valence-electron chi connectivity index (χ0n) is 11.5. The minimum Gasteiger partial charge on any atom is -0.470 e. The second-order valence-electron chi connectivity index (χ2n) is 5.82. The fraction of sp³-hybridized carbons (Fsp3) is 0.615. The van der Waals surface area contributed by atoms with Crippen LogP contribution in [0.1, 0.15) is 20.8 Å². The molecule has 2 rings (SSSR count). The topological polar surface area (TPSA) is 91.8 Å². The summed E-state index contributed by atoms with van der Waals surface area (Å²) < 4.78 is 5.70. The van der Waals surface area contributed by atoms with Gasteiger partial charge in [0.25, 0.3) is 0 Å². The van der Waals surface area contributed by atoms with E-state index >= 15 is 0 Å². The van der Waals surface area contributed by atoms with Crippen LogP contribution in [-0.2, 0) is 0 Å². The third-order valence-corrected chi connectivity index (χ3v) is 2.86. The second-order valence-corrected chi connectivity index (χ2v) is 5.82. The Kier molecular flexibility index (Phi) is 3.56. The molecular formula is C13H21N3O3. The number of anilines is 2. The Morgan fingerprint density at radius 1 is 1.26 bits per heavy atom. The molecule has 1 aromatic rings. The predicted molar refractivity (Wildman–Crippen MR) is 73.3 cm³/mol. The molecule has 1 aliphatic heterocycles. The largest absolute Gasteiger partial charge is 0.470 e. The van der Waals surface area contributed by atoms with Crippen LogP contribution in [0.15, 0.2) is 12.1 Å². The van der Waals surface area contributed by atoms with E-state index in [0.717, 1.165) is 0 Å². The number of ether oxygens (including phenoxy) is 1. The van der Waals surface area contributed by atoms with E-state index in [1.165, 1.54) is 0 Å². The van der Waals surface area contributed by atoms with Gasteiger partial charge in [-0.3, -0.25) is 0 Å². The fourth-order valence-corrected chi connectivity index (χ4v) is 1.95. The molecule has 0 aliphatic carbocycles. The molecule has 106 valence electrons. The number of aliphatic hydroxyl groups is 2. The molecule has 2 heterocycles. The smallest absolute Gasteiger partial charge is 0.239 e. The molecule has 1 aliphatic rings. The molecule has 6 heteroatoms. The van der Waals surface area contributed by atoms with Crippen molar-refractivity contribution in [3.05, 3.63) is 12.1 Å². The lowest BCUT2D eigenvalue weighted by atomic mass is 10.2. The fourth-order valence-electron chi connectivity index (χ4n) is 1.95. The number of β-amino-alcohol motifs (C(OH)–C–C–N with tert-alkyl or cyclic N) is 2. The normalized spacial score (nSPS) is 23.7. The van der Waals surface area contributed by atoms with E-state index in [-0.39, 0.29) is 5.60 Å². The van der Waals surface area contributed by atoms with E-state index in [9.17, 15) is 10.2 Å². The zero-order chi connectivity index (χ0) is 14.2. The Labute approximate surface area is 112 Å². The molecule has 2 atom stereocenters. The van der Waals surface area contributed by atoms with E-state index in [1.54, 1.807) is 12.1 Å². The van der Waals surface area contributed by atoms with Crippen LogP contribution in [0.25, 0.3) is 0 Å². The number of aliphatic hydroxyl groups excluding tert-OH is 2. The van der Waals surface area contributed by atoms with Crippen LogP contribution in [0.3, 0.4) is 0 Å². The van der Waals surface area contributed by atoms with Crippen molar-refractivity contribution in [3.63, 3.8) is 0 Å². The van der Waals surface area contributed by atoms with Crippen molar-refractivity contribution < 1.29 is 14.9 Å². The number of pyridine rings is 1. The summed E-state index contributed by atoms with van der Waals surface area (Å²) >= 11 is 0. The average molecular weight is 267 g/mol. The zero-order valence-corrected chi connectivity index (χ0v) is 11.5. The molecule has 0 amide bonds. The standard InChI is InChI=1S/C13H21N3O3/c1-13(2,3)19-12-8(14)4-5-11(15-12)16-6-9(17)10(18)7-16/h4-5,9-10,17-18H,6-7,14H2,1-3H3. The highest BCUT2D eigenvalue weighted by molar-refractivity contribution is 5.55. The van der Waals surface area contributed by atoms with Gasteiger partial charge < -0.3 is 25.6 Å². The quantitative estimate of drug-likeness (QED) is 0.717. The average Bonchev–Trinajstić information content (AvgIpc) is 2.60. The van der Waals surface area contributed by atoms with Gasteiger partial charge in [-0.1, -0.05) is 0 Å². The molecule has 0 saturated carbocycles. The summed E-state index contributed by atoms with van der Waals surface area (Å²) in [6, 6.07) is 3.48. The maximum atomic E-state index is 9.56. The third-order valence-electron chi connectivity index (χ3n) is 2.86. The van der Waals surface area contributed by atoms with Crippen molar-refractivity contribution in [2.75, 3.05) is 23.7 Å². The van der Waals surface area contributed by atoms with Crippen LogP contribution >= 0.6 is 0 Å². The lowest BCUT2D eigenvalue weighted by molar-refractivity contribution is 0.0572. The number of nitrogens with two attached hydrogens (primary N) is 1. The summed E-state index contributed by atoms with van der Waals surface area (Å²) in [6.45, 7) is 6.47. The van der Waals surface area contributed by atoms with Crippen molar-refractivity contribution in [2.45, 2.75) is 38.6 Å². The number of nitrogens with zero attached hydrogens (tertiary/aromatic N) is 2. The van der Waals surface area contributed by atoms with E-state index in [2.05, 4.69) is 4.98 Å². The Morgan fingerprint density at radius 3 is 2.37 bits per heavy atom. The Hall–Kier alpha value is -1.53. The van der Waals surface area contributed by atoms with Gasteiger partial charge in [0, 0.05) is 13.1 Å². The molecule has 0 aromatic carbocycles. The first-order valence-corrected chi connectivity index (χ1v) is 6.33. The highest BCUT2D eigenvalue weighted by Gasteiger charge is 2.30. The van der Waals surface area contributed by atoms with Crippen molar-refractivity contribution in [1.82, 2.24) is 4.98 Å². The molecule has 1 aromatic heterocycles. The van der Waals surface area contributed by atoms with Crippen LogP contribution in [0.4, 0.5) is 11.5 Å². The van der Waals surface area contributed by atoms with E-state index in [1.807, 2.05) is 25.7 Å². The first-order chi connectivity index (χ1) is 8.76. The van der Waals surface area contributed by atoms with Crippen LogP contribution in [0.5, 0.6) is 5.88 Å². The van der Waals surface area contributed by atoms with Gasteiger partial charge >= 0.3 is 0 Å². The Morgan fingerprint density at radius 2 is 1.84 bits per heavy atom. The maximum Gasteiger partial charge on any atom is 0.239 e. The number of hydrogen-bond donors (Lipinski definition) is 3. The molecule has 6 nitrogen and oxygen atoms in total. The summed E-state index contributed by atoms with van der Waals surface area (Å²) in [5, 5.41) is 19.1. The maximum absolute atomic E-state index is 9.56. The minimum absolute atomic E-state index is 0.354. The second kappa shape index (κ2) is 4.86. The van der Waals surface area contributed by atoms with Gasteiger partial charge in [0.05, 0.1) is 17.9 Å². The Bertz CT molecular complexity index is 449. The molecular weight excluding hydrogens is 246 g/mol. The van der Waals surface area contributed by atoms with Gasteiger partial charge in [0.15, 0.2) is 0 Å². The molecule has 4 N–H and O–H groups in total. The molecule has 2 unspecified atom stereocenters. The number of hydrogen-bond acceptors (Lipinski definition) is 6. The van der Waals surface area contributed by atoms with Gasteiger partial charge in [-0.05, 0) is 32.9 Å². The van der Waals surface area contributed by atoms with Crippen LogP contribution in [0.2, 0.25) is 0 Å². The van der Waals surface area contributed by atoms with Crippen molar-refractivity contribution in [1.29, 1.82) is 0 Å². The SMILES string of the molecule is CC(C)(C)Oc1nc(N2CC(O)C(O)C2)ccc1N. The summed E-state index contributed by atoms with van der Waals surface area (Å²) in [6.07, 6.45) is -1.49. The number of aromatic nitrogens is 1. The van der Waals surface area contributed by atoms with Crippen molar-refractivity contribution in [2.24, 2.45) is 0 Å². The van der Waals surface area contributed by atoms with Crippen LogP contribution < -0.4 is 15.4 Å². The van der Waals surface area contributed by atoms with E-state index in [4.69, 9.17) is 10.5 Å². The first-order valence-electron chi connectivity index (χ1n) is 6.33. The summed E-state index contributed by atoms with van der Waals surface area (Å²) in [4.78, 5) is 6.17. The van der Waals surface area contributed by atoms with Crippen molar-refractivity contribution in [3.8, 4) is 5.88 Å².